The van der Waals surface area contributed by atoms with Crippen LogP contribution in [-0.4, -0.2) is 59.9 Å². The Labute approximate surface area is 264 Å². The number of aromatic hydroxyl groups is 1. The van der Waals surface area contributed by atoms with Crippen molar-refractivity contribution in [3.8, 4) is 22.6 Å². The van der Waals surface area contributed by atoms with Crippen LogP contribution in [0.5, 0.6) is 5.75 Å². The van der Waals surface area contributed by atoms with Crippen molar-refractivity contribution in [1.82, 2.24) is 34.1 Å². The Hall–Kier alpha value is -5.10. The van der Waals surface area contributed by atoms with Crippen LogP contribution in [0.1, 0.15) is 53.5 Å². The quantitative estimate of drug-likeness (QED) is 0.279. The molecule has 12 heteroatoms. The lowest BCUT2D eigenvalue weighted by Gasteiger charge is -2.30. The summed E-state index contributed by atoms with van der Waals surface area (Å²) in [6.07, 6.45) is 3.04. The van der Waals surface area contributed by atoms with Crippen LogP contribution in [0.3, 0.4) is 0 Å². The minimum atomic E-state index is -0.677. The van der Waals surface area contributed by atoms with Crippen LogP contribution in [0.15, 0.2) is 70.4 Å². The molecule has 238 valence electrons. The lowest BCUT2D eigenvalue weighted by atomic mass is 9.90. The fourth-order valence-electron chi connectivity index (χ4n) is 6.29. The lowest BCUT2D eigenvalue weighted by Crippen LogP contribution is -2.45. The number of fused-ring (bicyclic) bond motifs is 1. The summed E-state index contributed by atoms with van der Waals surface area (Å²) in [6, 6.07) is 14.7. The number of amides is 1. The minimum Gasteiger partial charge on any atom is -0.508 e. The first kappa shape index (κ1) is 30.9. The molecule has 0 unspecified atom stereocenters. The highest BCUT2D eigenvalue weighted by Gasteiger charge is 2.28. The molecule has 1 amide bonds. The molecule has 0 bridgehead atoms. The summed E-state index contributed by atoms with van der Waals surface area (Å²) in [5, 5.41) is 17.4. The number of pyridine rings is 1. The van der Waals surface area contributed by atoms with Crippen LogP contribution in [0.25, 0.3) is 27.8 Å². The van der Waals surface area contributed by atoms with Gasteiger partial charge < -0.3 is 15.3 Å². The number of carbonyl (C=O) groups excluding carboxylic acids is 1. The fraction of sp³-hybridized carbons (Fsp3) is 0.324. The molecule has 46 heavy (non-hydrogen) atoms. The number of phenolic OH excluding ortho intramolecular Hbond substituents is 1. The summed E-state index contributed by atoms with van der Waals surface area (Å²) in [4.78, 5) is 47.0. The van der Waals surface area contributed by atoms with E-state index in [0.29, 0.717) is 43.6 Å². The average Bonchev–Trinajstić information content (AvgIpc) is 3.36. The Balaban J connectivity index is 1.37. The number of aryl methyl sites for hydroxylation is 2. The Morgan fingerprint density at radius 3 is 2.52 bits per heavy atom. The monoisotopic (exact) mass is 625 g/mol. The number of phenols is 1. The third kappa shape index (κ3) is 5.95. The standard InChI is InChI=1S/C34H36FN7O4/c1-20-14-30(38-40(20)4)32(44)37-24-8-10-25(11-9-24)42-33(45)29-17-23(35)18-36-31(29)41(34(42)46)26-7-5-6-21(15-26)28-13-12-27(43)16-22(28)19-39(2)3/h5-7,12-18,24-25,43H,8-11,19H2,1-4H3,(H,37,44)/t24-,25+. The van der Waals surface area contributed by atoms with Gasteiger partial charge in [0, 0.05) is 31.4 Å². The molecule has 0 spiro atoms. The highest BCUT2D eigenvalue weighted by Crippen LogP contribution is 2.31. The van der Waals surface area contributed by atoms with Crippen molar-refractivity contribution < 1.29 is 14.3 Å². The summed E-state index contributed by atoms with van der Waals surface area (Å²) < 4.78 is 18.7. The van der Waals surface area contributed by atoms with Crippen molar-refractivity contribution in [2.45, 2.75) is 51.2 Å². The highest BCUT2D eigenvalue weighted by atomic mass is 19.1. The molecule has 6 rings (SSSR count). The largest absolute Gasteiger partial charge is 0.508 e. The zero-order valence-electron chi connectivity index (χ0n) is 26.2. The first-order valence-corrected chi connectivity index (χ1v) is 15.2. The molecule has 0 atom stereocenters. The average molecular weight is 626 g/mol. The molecule has 0 saturated heterocycles. The van der Waals surface area contributed by atoms with Gasteiger partial charge in [-0.3, -0.25) is 18.8 Å². The Bertz CT molecular complexity index is 2050. The van der Waals surface area contributed by atoms with Crippen LogP contribution in [-0.2, 0) is 13.6 Å². The van der Waals surface area contributed by atoms with Crippen molar-refractivity contribution in [3.05, 3.63) is 104 Å². The maximum absolute atomic E-state index is 14.5. The van der Waals surface area contributed by atoms with Crippen LogP contribution in [0.4, 0.5) is 4.39 Å². The molecule has 3 heterocycles. The lowest BCUT2D eigenvalue weighted by molar-refractivity contribution is 0.0916. The molecule has 2 N–H and O–H groups in total. The normalized spacial score (nSPS) is 16.7. The predicted octanol–water partition coefficient (Wildman–Crippen LogP) is 4.08. The molecule has 1 aliphatic rings. The van der Waals surface area contributed by atoms with E-state index in [0.717, 1.165) is 34.6 Å². The Kier molecular flexibility index (Phi) is 8.30. The SMILES string of the molecule is Cc1cc(C(=O)N[C@H]2CC[C@@H](n3c(=O)c4cc(F)cnc4n(-c4cccc(-c5ccc(O)cc5CN(C)C)c4)c3=O)CC2)nn1C. The zero-order chi connectivity index (χ0) is 32.7. The first-order chi connectivity index (χ1) is 22.0. The summed E-state index contributed by atoms with van der Waals surface area (Å²) in [5.41, 5.74) is 3.15. The van der Waals surface area contributed by atoms with Crippen molar-refractivity contribution in [2.75, 3.05) is 14.1 Å². The second-order valence-electron chi connectivity index (χ2n) is 12.2. The Morgan fingerprint density at radius 1 is 1.07 bits per heavy atom. The molecular weight excluding hydrogens is 589 g/mol. The zero-order valence-corrected chi connectivity index (χ0v) is 26.2. The van der Waals surface area contributed by atoms with Gasteiger partial charge in [-0.1, -0.05) is 18.2 Å². The van der Waals surface area contributed by atoms with E-state index in [1.54, 1.807) is 36.0 Å². The maximum Gasteiger partial charge on any atom is 0.337 e. The van der Waals surface area contributed by atoms with Gasteiger partial charge in [0.15, 0.2) is 5.65 Å². The number of carbonyl (C=O) groups is 1. The number of nitrogens with one attached hydrogen (secondary N) is 1. The third-order valence-corrected chi connectivity index (χ3v) is 8.63. The fourth-order valence-corrected chi connectivity index (χ4v) is 6.29. The van der Waals surface area contributed by atoms with Gasteiger partial charge in [-0.2, -0.15) is 5.10 Å². The Morgan fingerprint density at radius 2 is 1.83 bits per heavy atom. The minimum absolute atomic E-state index is 0.00359. The van der Waals surface area contributed by atoms with Crippen LogP contribution in [0, 0.1) is 12.7 Å². The molecule has 1 fully saturated rings. The van der Waals surface area contributed by atoms with E-state index in [-0.39, 0.29) is 28.7 Å². The molecule has 5 aromatic rings. The van der Waals surface area contributed by atoms with Crippen LogP contribution >= 0.6 is 0 Å². The van der Waals surface area contributed by atoms with Crippen molar-refractivity contribution >= 4 is 16.9 Å². The van der Waals surface area contributed by atoms with Crippen molar-refractivity contribution in [1.29, 1.82) is 0 Å². The molecule has 0 radical (unpaired) electrons. The smallest absolute Gasteiger partial charge is 0.337 e. The molecule has 1 aliphatic carbocycles. The van der Waals surface area contributed by atoms with Gasteiger partial charge in [0.05, 0.1) is 17.3 Å². The van der Waals surface area contributed by atoms with E-state index in [4.69, 9.17) is 0 Å². The molecular formula is C34H36FN7O4. The number of aromatic nitrogens is 5. The van der Waals surface area contributed by atoms with E-state index >= 15 is 0 Å². The van der Waals surface area contributed by atoms with Crippen LogP contribution in [0.2, 0.25) is 0 Å². The molecule has 1 saturated carbocycles. The number of rotatable bonds is 7. The highest BCUT2D eigenvalue weighted by molar-refractivity contribution is 5.92. The van der Waals surface area contributed by atoms with Crippen LogP contribution < -0.4 is 16.6 Å². The molecule has 0 aliphatic heterocycles. The van der Waals surface area contributed by atoms with Gasteiger partial charge in [-0.05, 0) is 99.8 Å². The van der Waals surface area contributed by atoms with E-state index in [1.807, 2.05) is 50.2 Å². The molecule has 3 aromatic heterocycles. The number of nitrogens with zero attached hydrogens (tertiary/aromatic N) is 6. The van der Waals surface area contributed by atoms with Crippen molar-refractivity contribution in [3.63, 3.8) is 0 Å². The predicted molar refractivity (Wildman–Crippen MR) is 173 cm³/mol. The second kappa shape index (κ2) is 12.4. The van der Waals surface area contributed by atoms with Gasteiger partial charge in [0.25, 0.3) is 11.5 Å². The number of halogens is 1. The first-order valence-electron chi connectivity index (χ1n) is 15.2. The number of benzene rings is 2. The van der Waals surface area contributed by atoms with Gasteiger partial charge in [-0.15, -0.1) is 0 Å². The number of hydrogen-bond acceptors (Lipinski definition) is 7. The van der Waals surface area contributed by atoms with E-state index in [1.165, 1.54) is 9.13 Å². The van der Waals surface area contributed by atoms with Gasteiger partial charge in [0.2, 0.25) is 0 Å². The van der Waals surface area contributed by atoms with E-state index in [2.05, 4.69) is 15.4 Å². The van der Waals surface area contributed by atoms with Gasteiger partial charge in [0.1, 0.15) is 17.3 Å². The summed E-state index contributed by atoms with van der Waals surface area (Å²) in [7, 11) is 5.65. The topological polar surface area (TPSA) is 127 Å². The summed E-state index contributed by atoms with van der Waals surface area (Å²) in [6.45, 7) is 2.45. The maximum atomic E-state index is 14.5. The van der Waals surface area contributed by atoms with E-state index in [9.17, 15) is 23.9 Å². The van der Waals surface area contributed by atoms with E-state index < -0.39 is 23.1 Å². The van der Waals surface area contributed by atoms with Gasteiger partial charge >= 0.3 is 5.69 Å². The molecule has 11 nitrogen and oxygen atoms in total. The molecule has 2 aromatic carbocycles. The summed E-state index contributed by atoms with van der Waals surface area (Å²) >= 11 is 0. The third-order valence-electron chi connectivity index (χ3n) is 8.63. The number of hydrogen-bond donors (Lipinski definition) is 2. The van der Waals surface area contributed by atoms with Gasteiger partial charge in [-0.25, -0.2) is 18.7 Å². The summed E-state index contributed by atoms with van der Waals surface area (Å²) in [5.74, 6) is -0.789. The second-order valence-corrected chi connectivity index (χ2v) is 12.2. The van der Waals surface area contributed by atoms with Crippen molar-refractivity contribution in [2.24, 2.45) is 7.05 Å².